The molecule has 7 nitrogen and oxygen atoms in total. The molecule has 2 aromatic carbocycles. The molecule has 0 bridgehead atoms. The van der Waals surface area contributed by atoms with Gasteiger partial charge < -0.3 is 14.7 Å². The van der Waals surface area contributed by atoms with E-state index in [0.717, 1.165) is 11.3 Å². The highest BCUT2D eigenvalue weighted by Crippen LogP contribution is 2.28. The molecule has 30 heavy (non-hydrogen) atoms. The van der Waals surface area contributed by atoms with Crippen molar-refractivity contribution < 1.29 is 14.1 Å². The Balaban J connectivity index is 1.29. The highest BCUT2D eigenvalue weighted by Gasteiger charge is 2.35. The van der Waals surface area contributed by atoms with Crippen LogP contribution in [0.3, 0.4) is 0 Å². The van der Waals surface area contributed by atoms with Crippen molar-refractivity contribution in [2.24, 2.45) is 0 Å². The number of aromatic nitrogens is 2. The van der Waals surface area contributed by atoms with Crippen molar-refractivity contribution in [3.63, 3.8) is 0 Å². The van der Waals surface area contributed by atoms with Crippen LogP contribution in [0.2, 0.25) is 0 Å². The van der Waals surface area contributed by atoms with Crippen molar-refractivity contribution >= 4 is 23.6 Å². The third kappa shape index (κ3) is 4.54. The zero-order valence-electron chi connectivity index (χ0n) is 16.6. The van der Waals surface area contributed by atoms with Gasteiger partial charge in [0, 0.05) is 37.0 Å². The average Bonchev–Trinajstić information content (AvgIpc) is 3.23. The summed E-state index contributed by atoms with van der Waals surface area (Å²) >= 11 is 1.62. The van der Waals surface area contributed by atoms with Crippen LogP contribution in [-0.2, 0) is 10.5 Å². The normalized spacial score (nSPS) is 13.7. The van der Waals surface area contributed by atoms with Gasteiger partial charge in [-0.1, -0.05) is 47.6 Å². The fourth-order valence-corrected chi connectivity index (χ4v) is 4.11. The van der Waals surface area contributed by atoms with E-state index in [4.69, 9.17) is 4.52 Å². The van der Waals surface area contributed by atoms with Gasteiger partial charge in [0.15, 0.2) is 0 Å². The minimum atomic E-state index is -0.168. The Morgan fingerprint density at radius 3 is 2.73 bits per heavy atom. The summed E-state index contributed by atoms with van der Waals surface area (Å²) in [7, 11) is 1.59. The van der Waals surface area contributed by atoms with Crippen LogP contribution in [-0.4, -0.2) is 52.7 Å². The molecule has 0 spiro atoms. The molecule has 2 amide bonds. The first-order valence-electron chi connectivity index (χ1n) is 9.69. The molecular formula is C22H22N4O3S. The Hall–Kier alpha value is -3.13. The van der Waals surface area contributed by atoms with Crippen LogP contribution in [0.25, 0.3) is 11.4 Å². The first-order valence-corrected chi connectivity index (χ1v) is 10.8. The van der Waals surface area contributed by atoms with Gasteiger partial charge in [-0.2, -0.15) is 4.98 Å². The van der Waals surface area contributed by atoms with Crippen molar-refractivity contribution in [3.05, 3.63) is 71.6 Å². The van der Waals surface area contributed by atoms with Gasteiger partial charge in [0.25, 0.3) is 5.91 Å². The summed E-state index contributed by atoms with van der Waals surface area (Å²) < 4.78 is 5.41. The monoisotopic (exact) mass is 422 g/mol. The lowest BCUT2D eigenvalue weighted by molar-refractivity contribution is -0.133. The molecule has 1 saturated heterocycles. The molecule has 1 fully saturated rings. The quantitative estimate of drug-likeness (QED) is 0.630. The number of amides is 2. The van der Waals surface area contributed by atoms with Crippen LogP contribution < -0.4 is 5.32 Å². The number of likely N-dealkylation sites (tertiary alicyclic amines) is 1. The molecular weight excluding hydrogens is 400 g/mol. The molecule has 0 atom stereocenters. The van der Waals surface area contributed by atoms with E-state index < -0.39 is 0 Å². The number of carbonyl (C=O) groups is 2. The Kier molecular flexibility index (Phi) is 6.13. The number of hydrogen-bond donors (Lipinski definition) is 1. The van der Waals surface area contributed by atoms with Gasteiger partial charge in [0.2, 0.25) is 17.6 Å². The maximum Gasteiger partial charge on any atom is 0.251 e. The number of thioether (sulfide) groups is 1. The molecule has 0 aliphatic carbocycles. The average molecular weight is 423 g/mol. The second-order valence-electron chi connectivity index (χ2n) is 7.09. The van der Waals surface area contributed by atoms with E-state index >= 15 is 0 Å². The summed E-state index contributed by atoms with van der Waals surface area (Å²) in [4.78, 5) is 30.4. The SMILES string of the molecule is CNC(=O)c1cccc(-c2noc(C3CN(C(=O)CSCc4ccccc4)C3)n2)c1. The molecule has 0 radical (unpaired) electrons. The fraction of sp³-hybridized carbons (Fsp3) is 0.273. The van der Waals surface area contributed by atoms with Gasteiger partial charge in [0.05, 0.1) is 11.7 Å². The fourth-order valence-electron chi connectivity index (χ4n) is 3.22. The van der Waals surface area contributed by atoms with Gasteiger partial charge in [0.1, 0.15) is 0 Å². The molecule has 0 unspecified atom stereocenters. The number of hydrogen-bond acceptors (Lipinski definition) is 6. The van der Waals surface area contributed by atoms with E-state index in [9.17, 15) is 9.59 Å². The van der Waals surface area contributed by atoms with Gasteiger partial charge in [-0.15, -0.1) is 11.8 Å². The number of nitrogens with zero attached hydrogens (tertiary/aromatic N) is 3. The van der Waals surface area contributed by atoms with Crippen LogP contribution in [0.5, 0.6) is 0 Å². The van der Waals surface area contributed by atoms with Crippen LogP contribution >= 0.6 is 11.8 Å². The summed E-state index contributed by atoms with van der Waals surface area (Å²) in [5, 5.41) is 6.64. The first kappa shape index (κ1) is 20.2. The number of nitrogens with one attached hydrogen (secondary N) is 1. The third-order valence-electron chi connectivity index (χ3n) is 4.97. The van der Waals surface area contributed by atoms with Crippen LogP contribution in [0, 0.1) is 0 Å². The molecule has 154 valence electrons. The lowest BCUT2D eigenvalue weighted by Gasteiger charge is -2.37. The van der Waals surface area contributed by atoms with E-state index in [2.05, 4.69) is 27.6 Å². The van der Waals surface area contributed by atoms with Gasteiger partial charge in [-0.05, 0) is 17.7 Å². The zero-order chi connectivity index (χ0) is 20.9. The second-order valence-corrected chi connectivity index (χ2v) is 8.08. The number of carbonyl (C=O) groups excluding carboxylic acids is 2. The number of benzene rings is 2. The summed E-state index contributed by atoms with van der Waals surface area (Å²) in [5.41, 5.74) is 2.47. The highest BCUT2D eigenvalue weighted by molar-refractivity contribution is 7.99. The Bertz CT molecular complexity index is 1030. The summed E-state index contributed by atoms with van der Waals surface area (Å²) in [6.07, 6.45) is 0. The zero-order valence-corrected chi connectivity index (χ0v) is 17.4. The summed E-state index contributed by atoms with van der Waals surface area (Å²) in [5.74, 6) is 2.27. The van der Waals surface area contributed by atoms with Gasteiger partial charge in [-0.3, -0.25) is 9.59 Å². The molecule has 4 rings (SSSR count). The van der Waals surface area contributed by atoms with Crippen molar-refractivity contribution in [1.82, 2.24) is 20.4 Å². The lowest BCUT2D eigenvalue weighted by Crippen LogP contribution is -2.49. The predicted octanol–water partition coefficient (Wildman–Crippen LogP) is 2.96. The van der Waals surface area contributed by atoms with E-state index in [1.807, 2.05) is 29.2 Å². The minimum Gasteiger partial charge on any atom is -0.355 e. The van der Waals surface area contributed by atoms with Crippen molar-refractivity contribution in [2.45, 2.75) is 11.7 Å². The predicted molar refractivity (Wildman–Crippen MR) is 115 cm³/mol. The number of rotatable bonds is 7. The van der Waals surface area contributed by atoms with Crippen LogP contribution in [0.4, 0.5) is 0 Å². The Morgan fingerprint density at radius 1 is 1.17 bits per heavy atom. The van der Waals surface area contributed by atoms with Crippen LogP contribution in [0.15, 0.2) is 59.1 Å². The van der Waals surface area contributed by atoms with Gasteiger partial charge >= 0.3 is 0 Å². The molecule has 2 heterocycles. The van der Waals surface area contributed by atoms with E-state index in [1.54, 1.807) is 37.0 Å². The maximum atomic E-state index is 12.3. The first-order chi connectivity index (χ1) is 14.6. The molecule has 8 heteroatoms. The molecule has 0 saturated carbocycles. The smallest absolute Gasteiger partial charge is 0.251 e. The topological polar surface area (TPSA) is 88.3 Å². The molecule has 1 aliphatic rings. The van der Waals surface area contributed by atoms with E-state index in [0.29, 0.717) is 36.1 Å². The van der Waals surface area contributed by atoms with Crippen molar-refractivity contribution in [1.29, 1.82) is 0 Å². The second kappa shape index (κ2) is 9.13. The standard InChI is InChI=1S/C22H22N4O3S/c1-23-21(28)17-9-5-8-16(10-17)20-24-22(29-25-20)18-11-26(12-18)19(27)14-30-13-15-6-3-2-4-7-15/h2-10,18H,11-14H2,1H3,(H,23,28). The summed E-state index contributed by atoms with van der Waals surface area (Å²) in [6, 6.07) is 17.2. The molecule has 3 aromatic rings. The Labute approximate surface area is 178 Å². The minimum absolute atomic E-state index is 0.0523. The Morgan fingerprint density at radius 2 is 1.97 bits per heavy atom. The van der Waals surface area contributed by atoms with Crippen molar-refractivity contribution in [3.8, 4) is 11.4 Å². The van der Waals surface area contributed by atoms with Gasteiger partial charge in [-0.25, -0.2) is 0 Å². The van der Waals surface area contributed by atoms with E-state index in [-0.39, 0.29) is 17.7 Å². The van der Waals surface area contributed by atoms with Crippen LogP contribution in [0.1, 0.15) is 27.7 Å². The van der Waals surface area contributed by atoms with E-state index in [1.165, 1.54) is 5.56 Å². The molecule has 1 aromatic heterocycles. The maximum absolute atomic E-state index is 12.3. The molecule has 1 N–H and O–H groups in total. The summed E-state index contributed by atoms with van der Waals surface area (Å²) in [6.45, 7) is 1.18. The van der Waals surface area contributed by atoms with Crippen molar-refractivity contribution in [2.75, 3.05) is 25.9 Å². The largest absolute Gasteiger partial charge is 0.355 e. The third-order valence-corrected chi connectivity index (χ3v) is 5.96. The highest BCUT2D eigenvalue weighted by atomic mass is 32.2. The lowest BCUT2D eigenvalue weighted by atomic mass is 10.0. The molecule has 1 aliphatic heterocycles.